The fourth-order valence-electron chi connectivity index (χ4n) is 5.24. The molecule has 2 N–H and O–H groups in total. The van der Waals surface area contributed by atoms with E-state index in [0.29, 0.717) is 19.0 Å². The molecule has 2 saturated heterocycles. The fourth-order valence-corrected chi connectivity index (χ4v) is 5.24. The molecule has 142 valence electrons. The van der Waals surface area contributed by atoms with Gasteiger partial charge in [0.1, 0.15) is 6.04 Å². The second kappa shape index (κ2) is 6.14. The number of rotatable bonds is 4. The zero-order valence-electron chi connectivity index (χ0n) is 15.4. The van der Waals surface area contributed by atoms with Gasteiger partial charge in [0.05, 0.1) is 0 Å². The van der Waals surface area contributed by atoms with E-state index in [9.17, 15) is 14.4 Å². The Hall–Kier alpha value is -2.25. The van der Waals surface area contributed by atoms with Gasteiger partial charge in [-0.05, 0) is 49.5 Å². The Morgan fingerprint density at radius 3 is 2.70 bits per heavy atom. The average Bonchev–Trinajstić information content (AvgIpc) is 2.95. The van der Waals surface area contributed by atoms with Crippen LogP contribution in [-0.4, -0.2) is 59.7 Å². The van der Waals surface area contributed by atoms with Crippen LogP contribution in [0.5, 0.6) is 0 Å². The van der Waals surface area contributed by atoms with Crippen LogP contribution in [0.2, 0.25) is 0 Å². The van der Waals surface area contributed by atoms with Crippen molar-refractivity contribution < 1.29 is 14.4 Å². The smallest absolute Gasteiger partial charge is 0.255 e. The molecule has 3 aliphatic heterocycles. The minimum atomic E-state index is -0.554. The van der Waals surface area contributed by atoms with E-state index in [1.807, 2.05) is 18.2 Å². The molecule has 4 aliphatic rings. The molecule has 4 atom stereocenters. The van der Waals surface area contributed by atoms with Gasteiger partial charge in [0, 0.05) is 31.1 Å². The third-order valence-electron chi connectivity index (χ3n) is 6.61. The van der Waals surface area contributed by atoms with Crippen molar-refractivity contribution in [2.24, 2.45) is 11.8 Å². The third-order valence-corrected chi connectivity index (χ3v) is 6.61. The summed E-state index contributed by atoms with van der Waals surface area (Å²) in [7, 11) is 2.14. The van der Waals surface area contributed by atoms with E-state index in [2.05, 4.69) is 22.6 Å². The van der Waals surface area contributed by atoms with Gasteiger partial charge in [-0.2, -0.15) is 0 Å². The number of carbonyl (C=O) groups excluding carboxylic acids is 3. The molecule has 27 heavy (non-hydrogen) atoms. The van der Waals surface area contributed by atoms with Crippen LogP contribution >= 0.6 is 0 Å². The second-order valence-electron chi connectivity index (χ2n) is 8.24. The average molecular weight is 368 g/mol. The van der Waals surface area contributed by atoms with Crippen LogP contribution in [0.4, 0.5) is 0 Å². The quantitative estimate of drug-likeness (QED) is 0.737. The Kier molecular flexibility index (Phi) is 3.84. The van der Waals surface area contributed by atoms with Gasteiger partial charge in [0.25, 0.3) is 5.91 Å². The summed E-state index contributed by atoms with van der Waals surface area (Å²) >= 11 is 0. The molecule has 3 amide bonds. The van der Waals surface area contributed by atoms with Crippen molar-refractivity contribution in [3.05, 3.63) is 34.9 Å². The summed E-state index contributed by atoms with van der Waals surface area (Å²) in [6.07, 6.45) is 0.683. The molecule has 7 nitrogen and oxygen atoms in total. The van der Waals surface area contributed by atoms with E-state index >= 15 is 0 Å². The number of hydrogen-bond donors (Lipinski definition) is 2. The highest BCUT2D eigenvalue weighted by Crippen LogP contribution is 2.45. The molecule has 1 saturated carbocycles. The topological polar surface area (TPSA) is 81.8 Å². The first-order valence-electron chi connectivity index (χ1n) is 9.71. The summed E-state index contributed by atoms with van der Waals surface area (Å²) in [6, 6.07) is 6.04. The maximum atomic E-state index is 13.1. The van der Waals surface area contributed by atoms with E-state index in [1.54, 1.807) is 4.90 Å². The Balaban J connectivity index is 1.35. The lowest BCUT2D eigenvalue weighted by Crippen LogP contribution is -2.52. The van der Waals surface area contributed by atoms with E-state index in [-0.39, 0.29) is 24.1 Å². The molecule has 3 fully saturated rings. The summed E-state index contributed by atoms with van der Waals surface area (Å²) in [4.78, 5) is 40.8. The summed E-state index contributed by atoms with van der Waals surface area (Å²) in [6.45, 7) is 3.37. The van der Waals surface area contributed by atoms with E-state index in [1.165, 1.54) is 0 Å². The molecule has 0 spiro atoms. The Morgan fingerprint density at radius 1 is 1.19 bits per heavy atom. The van der Waals surface area contributed by atoms with Gasteiger partial charge < -0.3 is 10.2 Å². The molecule has 7 heteroatoms. The maximum Gasteiger partial charge on any atom is 0.255 e. The SMILES string of the molecule is CN(Cc1cccc2c1C(=O)N(C1CCC(=O)NC1=O)C2)C1[C@H]2CNC[C@@H]12. The minimum absolute atomic E-state index is 0.0823. The Morgan fingerprint density at radius 2 is 1.96 bits per heavy atom. The molecule has 5 rings (SSSR count). The number of piperidine rings is 2. The normalized spacial score (nSPS) is 31.9. The molecular formula is C20H24N4O3. The van der Waals surface area contributed by atoms with Gasteiger partial charge in [-0.15, -0.1) is 0 Å². The number of nitrogens with zero attached hydrogens (tertiary/aromatic N) is 2. The highest BCUT2D eigenvalue weighted by Gasteiger charge is 2.54. The standard InChI is InChI=1S/C20H24N4O3/c1-23(18-13-7-21-8-14(13)18)9-11-3-2-4-12-10-24(20(27)17(11)12)15-5-6-16(25)22-19(15)26/h2-4,13-15,18,21H,5-10H2,1H3,(H,22,25,26)/t13-,14+,15?,18?. The van der Waals surface area contributed by atoms with Gasteiger partial charge in [0.15, 0.2) is 0 Å². The van der Waals surface area contributed by atoms with Crippen molar-refractivity contribution in [1.29, 1.82) is 0 Å². The molecule has 1 aromatic rings. The number of nitrogens with one attached hydrogen (secondary N) is 2. The number of imide groups is 1. The first kappa shape index (κ1) is 16.9. The number of fused-ring (bicyclic) bond motifs is 2. The van der Waals surface area contributed by atoms with Crippen LogP contribution in [0.3, 0.4) is 0 Å². The molecule has 0 radical (unpaired) electrons. The van der Waals surface area contributed by atoms with Crippen LogP contribution in [0.25, 0.3) is 0 Å². The fraction of sp³-hybridized carbons (Fsp3) is 0.550. The lowest BCUT2D eigenvalue weighted by molar-refractivity contribution is -0.136. The Bertz CT molecular complexity index is 829. The highest BCUT2D eigenvalue weighted by atomic mass is 16.2. The van der Waals surface area contributed by atoms with Gasteiger partial charge in [-0.3, -0.25) is 24.6 Å². The second-order valence-corrected chi connectivity index (χ2v) is 8.24. The van der Waals surface area contributed by atoms with Crippen molar-refractivity contribution in [3.8, 4) is 0 Å². The molecule has 1 aliphatic carbocycles. The van der Waals surface area contributed by atoms with E-state index < -0.39 is 6.04 Å². The van der Waals surface area contributed by atoms with E-state index in [4.69, 9.17) is 0 Å². The number of hydrogen-bond acceptors (Lipinski definition) is 5. The van der Waals surface area contributed by atoms with Gasteiger partial charge >= 0.3 is 0 Å². The molecular weight excluding hydrogens is 344 g/mol. The number of benzene rings is 1. The minimum Gasteiger partial charge on any atom is -0.322 e. The lowest BCUT2D eigenvalue weighted by Gasteiger charge is -2.29. The van der Waals surface area contributed by atoms with E-state index in [0.717, 1.165) is 48.2 Å². The van der Waals surface area contributed by atoms with Crippen molar-refractivity contribution in [2.45, 2.75) is 38.0 Å². The first-order chi connectivity index (χ1) is 13.0. The summed E-state index contributed by atoms with van der Waals surface area (Å²) in [5, 5.41) is 5.78. The molecule has 0 aromatic heterocycles. The zero-order chi connectivity index (χ0) is 18.7. The van der Waals surface area contributed by atoms with Gasteiger partial charge in [-0.25, -0.2) is 0 Å². The summed E-state index contributed by atoms with van der Waals surface area (Å²) < 4.78 is 0. The summed E-state index contributed by atoms with van der Waals surface area (Å²) in [5.74, 6) is 0.780. The summed E-state index contributed by atoms with van der Waals surface area (Å²) in [5.41, 5.74) is 2.76. The Labute approximate surface area is 158 Å². The lowest BCUT2D eigenvalue weighted by atomic mass is 10.0. The van der Waals surface area contributed by atoms with Crippen molar-refractivity contribution >= 4 is 17.7 Å². The predicted octanol–water partition coefficient (Wildman–Crippen LogP) is 0.0972. The van der Waals surface area contributed by atoms with Crippen LogP contribution in [-0.2, 0) is 22.7 Å². The molecule has 1 aromatic carbocycles. The van der Waals surface area contributed by atoms with Crippen LogP contribution < -0.4 is 10.6 Å². The highest BCUT2D eigenvalue weighted by molar-refractivity contribution is 6.05. The number of amides is 3. The monoisotopic (exact) mass is 368 g/mol. The largest absolute Gasteiger partial charge is 0.322 e. The molecule has 3 heterocycles. The number of carbonyl (C=O) groups is 3. The molecule has 2 unspecified atom stereocenters. The zero-order valence-corrected chi connectivity index (χ0v) is 15.4. The van der Waals surface area contributed by atoms with Gasteiger partial charge in [0.2, 0.25) is 11.8 Å². The van der Waals surface area contributed by atoms with Crippen molar-refractivity contribution in [2.75, 3.05) is 20.1 Å². The van der Waals surface area contributed by atoms with Crippen LogP contribution in [0.1, 0.15) is 34.3 Å². The van der Waals surface area contributed by atoms with Crippen LogP contribution in [0, 0.1) is 11.8 Å². The predicted molar refractivity (Wildman–Crippen MR) is 97.6 cm³/mol. The van der Waals surface area contributed by atoms with Gasteiger partial charge in [-0.1, -0.05) is 18.2 Å². The molecule has 0 bridgehead atoms. The van der Waals surface area contributed by atoms with Crippen molar-refractivity contribution in [1.82, 2.24) is 20.4 Å². The van der Waals surface area contributed by atoms with Crippen LogP contribution in [0.15, 0.2) is 18.2 Å². The van der Waals surface area contributed by atoms with Crippen molar-refractivity contribution in [3.63, 3.8) is 0 Å². The first-order valence-corrected chi connectivity index (χ1v) is 9.71. The maximum absolute atomic E-state index is 13.1. The third kappa shape index (κ3) is 2.68.